The molecular formula is C16H16ClNO3S. The zero-order valence-corrected chi connectivity index (χ0v) is 13.8. The highest BCUT2D eigenvalue weighted by molar-refractivity contribution is 7.95. The second-order valence-corrected chi connectivity index (χ2v) is 6.68. The van der Waals surface area contributed by atoms with Gasteiger partial charge < -0.3 is 4.74 Å². The van der Waals surface area contributed by atoms with Crippen LogP contribution in [0.15, 0.2) is 47.9 Å². The molecule has 1 N–H and O–H groups in total. The lowest BCUT2D eigenvalue weighted by molar-refractivity contribution is 0.414. The van der Waals surface area contributed by atoms with Crippen LogP contribution in [0, 0.1) is 6.92 Å². The van der Waals surface area contributed by atoms with Gasteiger partial charge >= 0.3 is 0 Å². The summed E-state index contributed by atoms with van der Waals surface area (Å²) in [7, 11) is -2.03. The predicted molar refractivity (Wildman–Crippen MR) is 90.8 cm³/mol. The number of anilines is 1. The lowest BCUT2D eigenvalue weighted by Gasteiger charge is -2.09. The van der Waals surface area contributed by atoms with Gasteiger partial charge in [-0.05, 0) is 54.5 Å². The SMILES string of the molecule is COc1ccc(NS(=O)(=O)/C=C/c2ccc(Cl)cc2)c(C)c1. The second-order valence-electron chi connectivity index (χ2n) is 4.68. The van der Waals surface area contributed by atoms with E-state index in [0.29, 0.717) is 16.5 Å². The van der Waals surface area contributed by atoms with Gasteiger partial charge in [0.25, 0.3) is 10.0 Å². The van der Waals surface area contributed by atoms with Gasteiger partial charge in [-0.3, -0.25) is 4.72 Å². The zero-order valence-electron chi connectivity index (χ0n) is 12.2. The first-order valence-electron chi connectivity index (χ1n) is 6.51. The summed E-state index contributed by atoms with van der Waals surface area (Å²) >= 11 is 5.79. The number of hydrogen-bond donors (Lipinski definition) is 1. The molecule has 6 heteroatoms. The highest BCUT2D eigenvalue weighted by atomic mass is 35.5. The normalized spacial score (nSPS) is 11.6. The minimum Gasteiger partial charge on any atom is -0.497 e. The van der Waals surface area contributed by atoms with Crippen LogP contribution in [-0.2, 0) is 10.0 Å². The van der Waals surface area contributed by atoms with Crippen LogP contribution in [0.5, 0.6) is 5.75 Å². The molecule has 2 aromatic carbocycles. The largest absolute Gasteiger partial charge is 0.497 e. The van der Waals surface area contributed by atoms with E-state index in [0.717, 1.165) is 16.5 Å². The summed E-state index contributed by atoms with van der Waals surface area (Å²) in [6.07, 6.45) is 1.51. The van der Waals surface area contributed by atoms with Crippen LogP contribution in [0.25, 0.3) is 6.08 Å². The van der Waals surface area contributed by atoms with E-state index < -0.39 is 10.0 Å². The molecule has 0 saturated carbocycles. The summed E-state index contributed by atoms with van der Waals surface area (Å²) in [5.74, 6) is 0.678. The number of ether oxygens (including phenoxy) is 1. The third-order valence-electron chi connectivity index (χ3n) is 3.00. The average Bonchev–Trinajstić information content (AvgIpc) is 2.49. The number of halogens is 1. The van der Waals surface area contributed by atoms with Crippen LogP contribution in [-0.4, -0.2) is 15.5 Å². The molecule has 0 atom stereocenters. The van der Waals surface area contributed by atoms with Gasteiger partial charge in [0.05, 0.1) is 18.2 Å². The highest BCUT2D eigenvalue weighted by Gasteiger charge is 2.08. The van der Waals surface area contributed by atoms with Gasteiger partial charge in [-0.1, -0.05) is 23.7 Å². The fraction of sp³-hybridized carbons (Fsp3) is 0.125. The van der Waals surface area contributed by atoms with E-state index in [1.165, 1.54) is 6.08 Å². The summed E-state index contributed by atoms with van der Waals surface area (Å²) in [6, 6.07) is 12.0. The van der Waals surface area contributed by atoms with Crippen LogP contribution in [0.4, 0.5) is 5.69 Å². The van der Waals surface area contributed by atoms with Crippen molar-refractivity contribution in [3.8, 4) is 5.75 Å². The van der Waals surface area contributed by atoms with Crippen molar-refractivity contribution < 1.29 is 13.2 Å². The Morgan fingerprint density at radius 2 is 1.82 bits per heavy atom. The Labute approximate surface area is 135 Å². The van der Waals surface area contributed by atoms with E-state index in [1.807, 2.05) is 6.92 Å². The molecule has 0 spiro atoms. The monoisotopic (exact) mass is 337 g/mol. The van der Waals surface area contributed by atoms with Crippen molar-refractivity contribution in [3.63, 3.8) is 0 Å². The highest BCUT2D eigenvalue weighted by Crippen LogP contribution is 2.22. The molecule has 0 fully saturated rings. The Morgan fingerprint density at radius 1 is 1.14 bits per heavy atom. The number of sulfonamides is 1. The van der Waals surface area contributed by atoms with E-state index in [9.17, 15) is 8.42 Å². The standard InChI is InChI=1S/C16H16ClNO3S/c1-12-11-15(21-2)7-8-16(12)18-22(19,20)10-9-13-3-5-14(17)6-4-13/h3-11,18H,1-2H3/b10-9+. The number of hydrogen-bond acceptors (Lipinski definition) is 3. The first-order chi connectivity index (χ1) is 10.4. The third-order valence-corrected chi connectivity index (χ3v) is 4.25. The quantitative estimate of drug-likeness (QED) is 0.894. The first kappa shape index (κ1) is 16.4. The van der Waals surface area contributed by atoms with Gasteiger partial charge in [0, 0.05) is 5.02 Å². The van der Waals surface area contributed by atoms with Gasteiger partial charge in [-0.25, -0.2) is 8.42 Å². The first-order valence-corrected chi connectivity index (χ1v) is 8.43. The average molecular weight is 338 g/mol. The van der Waals surface area contributed by atoms with Gasteiger partial charge in [0.1, 0.15) is 5.75 Å². The lowest BCUT2D eigenvalue weighted by Crippen LogP contribution is -2.09. The van der Waals surface area contributed by atoms with Crippen LogP contribution >= 0.6 is 11.6 Å². The molecule has 0 aliphatic carbocycles. The number of rotatable bonds is 5. The Bertz CT molecular complexity index is 784. The van der Waals surface area contributed by atoms with E-state index in [4.69, 9.17) is 16.3 Å². The molecule has 22 heavy (non-hydrogen) atoms. The fourth-order valence-electron chi connectivity index (χ4n) is 1.81. The molecule has 0 aromatic heterocycles. The Balaban J connectivity index is 2.15. The fourth-order valence-corrected chi connectivity index (χ4v) is 2.87. The molecule has 2 aromatic rings. The van der Waals surface area contributed by atoms with Gasteiger partial charge in [0.2, 0.25) is 0 Å². The van der Waals surface area contributed by atoms with E-state index in [1.54, 1.807) is 49.6 Å². The van der Waals surface area contributed by atoms with Crippen molar-refractivity contribution >= 4 is 33.4 Å². The van der Waals surface area contributed by atoms with Crippen LogP contribution < -0.4 is 9.46 Å². The van der Waals surface area contributed by atoms with Crippen LogP contribution in [0.2, 0.25) is 5.02 Å². The van der Waals surface area contributed by atoms with Crippen molar-refractivity contribution in [2.45, 2.75) is 6.92 Å². The van der Waals surface area contributed by atoms with Crippen molar-refractivity contribution in [1.82, 2.24) is 0 Å². The summed E-state index contributed by atoms with van der Waals surface area (Å²) in [5, 5.41) is 1.73. The van der Waals surface area contributed by atoms with Crippen LogP contribution in [0.3, 0.4) is 0 Å². The van der Waals surface area contributed by atoms with Crippen molar-refractivity contribution in [3.05, 3.63) is 64.0 Å². The maximum atomic E-state index is 12.1. The molecule has 116 valence electrons. The minimum absolute atomic E-state index is 0.515. The van der Waals surface area contributed by atoms with Gasteiger partial charge in [0.15, 0.2) is 0 Å². The van der Waals surface area contributed by atoms with Crippen molar-refractivity contribution in [2.24, 2.45) is 0 Å². The molecule has 0 radical (unpaired) electrons. The molecule has 0 bridgehead atoms. The Hall–Kier alpha value is -1.98. The molecule has 4 nitrogen and oxygen atoms in total. The lowest BCUT2D eigenvalue weighted by atomic mass is 10.2. The molecular weight excluding hydrogens is 322 g/mol. The number of nitrogens with one attached hydrogen (secondary N) is 1. The summed E-state index contributed by atoms with van der Waals surface area (Å²) in [4.78, 5) is 0. The Morgan fingerprint density at radius 3 is 2.41 bits per heavy atom. The smallest absolute Gasteiger partial charge is 0.255 e. The Kier molecular flexibility index (Phi) is 5.11. The number of benzene rings is 2. The topological polar surface area (TPSA) is 55.4 Å². The molecule has 0 aliphatic rings. The summed E-state index contributed by atoms with van der Waals surface area (Å²) < 4.78 is 31.8. The van der Waals surface area contributed by atoms with Crippen molar-refractivity contribution in [2.75, 3.05) is 11.8 Å². The maximum Gasteiger partial charge on any atom is 0.255 e. The van der Waals surface area contributed by atoms with E-state index in [-0.39, 0.29) is 0 Å². The molecule has 2 rings (SSSR count). The van der Waals surface area contributed by atoms with Crippen LogP contribution in [0.1, 0.15) is 11.1 Å². The zero-order chi connectivity index (χ0) is 16.2. The third kappa shape index (κ3) is 4.51. The number of aryl methyl sites for hydroxylation is 1. The number of methoxy groups -OCH3 is 1. The summed E-state index contributed by atoms with van der Waals surface area (Å²) in [5.41, 5.74) is 2.05. The molecule has 0 aliphatic heterocycles. The molecule has 0 unspecified atom stereocenters. The predicted octanol–water partition coefficient (Wildman–Crippen LogP) is 4.07. The molecule has 0 saturated heterocycles. The van der Waals surface area contributed by atoms with E-state index >= 15 is 0 Å². The second kappa shape index (κ2) is 6.85. The summed E-state index contributed by atoms with van der Waals surface area (Å²) in [6.45, 7) is 1.81. The van der Waals surface area contributed by atoms with Crippen molar-refractivity contribution in [1.29, 1.82) is 0 Å². The maximum absolute atomic E-state index is 12.1. The van der Waals surface area contributed by atoms with E-state index in [2.05, 4.69) is 4.72 Å². The minimum atomic E-state index is -3.59. The van der Waals surface area contributed by atoms with Gasteiger partial charge in [-0.15, -0.1) is 0 Å². The molecule has 0 heterocycles. The molecule has 0 amide bonds. The van der Waals surface area contributed by atoms with Gasteiger partial charge in [-0.2, -0.15) is 0 Å².